The average molecular weight is 239 g/mol. The third-order valence-electron chi connectivity index (χ3n) is 1.53. The second-order valence-electron chi connectivity index (χ2n) is 2.60. The lowest BCUT2D eigenvalue weighted by Gasteiger charge is -2.19. The lowest BCUT2D eigenvalue weighted by atomic mass is 10.4. The normalized spacial score (nSPS) is 11.7. The van der Waals surface area contributed by atoms with Crippen LogP contribution < -0.4 is 11.6 Å². The van der Waals surface area contributed by atoms with Gasteiger partial charge >= 0.3 is 12.6 Å². The summed E-state index contributed by atoms with van der Waals surface area (Å²) in [6.07, 6.45) is 0.945. The highest BCUT2D eigenvalue weighted by Crippen LogP contribution is 2.01. The summed E-state index contributed by atoms with van der Waals surface area (Å²) in [6, 6.07) is 0. The molecule has 0 saturated carbocycles. The molecule has 0 aliphatic rings. The molecule has 0 saturated heterocycles. The highest BCUT2D eigenvalue weighted by molar-refractivity contribution is 5.87. The maximum atomic E-state index is 11.6. The average Bonchev–Trinajstić information content (AvgIpc) is 2.18. The summed E-state index contributed by atoms with van der Waals surface area (Å²) in [5.74, 6) is 4.69. The van der Waals surface area contributed by atoms with Crippen molar-refractivity contribution in [2.45, 2.75) is 13.5 Å². The number of ether oxygens (including phenoxy) is 2. The quantitative estimate of drug-likeness (QED) is 0.276. The van der Waals surface area contributed by atoms with Crippen LogP contribution in [0.4, 0.5) is 8.78 Å². The summed E-state index contributed by atoms with van der Waals surface area (Å²) in [5.41, 5.74) is 5.05. The fourth-order valence-electron chi connectivity index (χ4n) is 0.847. The summed E-state index contributed by atoms with van der Waals surface area (Å²) < 4.78 is 31.9. The Hall–Kier alpha value is -1.41. The molecule has 0 amide bonds. The number of carbonyl (C=O) groups excluding carboxylic acids is 1. The second-order valence-corrected chi connectivity index (χ2v) is 2.60. The van der Waals surface area contributed by atoms with E-state index in [0.717, 1.165) is 11.2 Å². The predicted molar refractivity (Wildman–Crippen MR) is 51.8 cm³/mol. The van der Waals surface area contributed by atoms with Gasteiger partial charge in [0, 0.05) is 6.20 Å². The minimum Gasteiger partial charge on any atom is -0.461 e. The van der Waals surface area contributed by atoms with E-state index < -0.39 is 12.6 Å². The standard InChI is InChI=1S/C8H15F2N3O3/c1-2-15-7(14)6(5-11)13(12)3-4-16-8(9)10/h5,8H,2-4,11-12H2,1H3/b6-5-. The van der Waals surface area contributed by atoms with Gasteiger partial charge in [0.1, 0.15) is 0 Å². The first-order chi connectivity index (χ1) is 7.52. The zero-order valence-corrected chi connectivity index (χ0v) is 8.86. The predicted octanol–water partition coefficient (Wildman–Crippen LogP) is -0.236. The molecule has 94 valence electrons. The Morgan fingerprint density at radius 2 is 2.19 bits per heavy atom. The van der Waals surface area contributed by atoms with Crippen LogP contribution in [-0.2, 0) is 14.3 Å². The molecule has 0 aromatic rings. The van der Waals surface area contributed by atoms with Crippen molar-refractivity contribution in [2.75, 3.05) is 19.8 Å². The van der Waals surface area contributed by atoms with Gasteiger partial charge in [0.05, 0.1) is 19.8 Å². The topological polar surface area (TPSA) is 90.8 Å². The third-order valence-corrected chi connectivity index (χ3v) is 1.53. The molecule has 8 heteroatoms. The largest absolute Gasteiger partial charge is 0.461 e. The van der Waals surface area contributed by atoms with Gasteiger partial charge in [0.15, 0.2) is 5.70 Å². The number of rotatable bonds is 7. The molecule has 0 radical (unpaired) electrons. The molecule has 4 N–H and O–H groups in total. The first-order valence-corrected chi connectivity index (χ1v) is 4.53. The molecule has 0 rings (SSSR count). The highest BCUT2D eigenvalue weighted by Gasteiger charge is 2.15. The molecule has 0 heterocycles. The van der Waals surface area contributed by atoms with Gasteiger partial charge in [-0.25, -0.2) is 10.6 Å². The molecule has 0 aliphatic carbocycles. The van der Waals surface area contributed by atoms with Crippen molar-refractivity contribution < 1.29 is 23.0 Å². The van der Waals surface area contributed by atoms with Crippen molar-refractivity contribution >= 4 is 5.97 Å². The Morgan fingerprint density at radius 3 is 2.62 bits per heavy atom. The van der Waals surface area contributed by atoms with E-state index in [9.17, 15) is 13.6 Å². The van der Waals surface area contributed by atoms with E-state index in [-0.39, 0.29) is 25.5 Å². The van der Waals surface area contributed by atoms with Crippen LogP contribution >= 0.6 is 0 Å². The van der Waals surface area contributed by atoms with Crippen molar-refractivity contribution in [3.63, 3.8) is 0 Å². The van der Waals surface area contributed by atoms with E-state index in [1.165, 1.54) is 0 Å². The van der Waals surface area contributed by atoms with E-state index in [1.54, 1.807) is 6.92 Å². The maximum absolute atomic E-state index is 11.6. The molecule has 0 fully saturated rings. The summed E-state index contributed by atoms with van der Waals surface area (Å²) in [5, 5.41) is 0.889. The zero-order valence-electron chi connectivity index (χ0n) is 8.86. The van der Waals surface area contributed by atoms with Crippen molar-refractivity contribution in [3.8, 4) is 0 Å². The van der Waals surface area contributed by atoms with Gasteiger partial charge in [-0.05, 0) is 6.92 Å². The van der Waals surface area contributed by atoms with Crippen LogP contribution in [-0.4, -0.2) is 37.3 Å². The number of carbonyl (C=O) groups is 1. The molecule has 0 aliphatic heterocycles. The SMILES string of the molecule is CCOC(=O)/C(=C/N)N(N)CCOC(F)F. The second kappa shape index (κ2) is 7.83. The Bertz CT molecular complexity index is 249. The molecule has 0 aromatic carbocycles. The minimum absolute atomic E-state index is 0.105. The first kappa shape index (κ1) is 14.6. The van der Waals surface area contributed by atoms with Crippen molar-refractivity contribution in [1.29, 1.82) is 0 Å². The summed E-state index contributed by atoms with van der Waals surface area (Å²) >= 11 is 0. The summed E-state index contributed by atoms with van der Waals surface area (Å²) in [4.78, 5) is 11.2. The molecule has 16 heavy (non-hydrogen) atoms. The fraction of sp³-hybridized carbons (Fsp3) is 0.625. The van der Waals surface area contributed by atoms with E-state index in [0.29, 0.717) is 0 Å². The molecular weight excluding hydrogens is 224 g/mol. The number of alkyl halides is 2. The molecule has 0 unspecified atom stereocenters. The van der Waals surface area contributed by atoms with Crippen LogP contribution in [0.1, 0.15) is 6.92 Å². The van der Waals surface area contributed by atoms with Crippen molar-refractivity contribution in [2.24, 2.45) is 11.6 Å². The van der Waals surface area contributed by atoms with Crippen LogP contribution in [0.25, 0.3) is 0 Å². The van der Waals surface area contributed by atoms with E-state index >= 15 is 0 Å². The maximum Gasteiger partial charge on any atom is 0.357 e. The monoisotopic (exact) mass is 239 g/mol. The van der Waals surface area contributed by atoms with Crippen LogP contribution in [0.3, 0.4) is 0 Å². The number of hydrazine groups is 1. The van der Waals surface area contributed by atoms with Gasteiger partial charge in [-0.3, -0.25) is 0 Å². The van der Waals surface area contributed by atoms with E-state index in [4.69, 9.17) is 11.6 Å². The summed E-state index contributed by atoms with van der Waals surface area (Å²) in [7, 11) is 0. The van der Waals surface area contributed by atoms with Crippen molar-refractivity contribution in [1.82, 2.24) is 5.01 Å². The fourth-order valence-corrected chi connectivity index (χ4v) is 0.847. The number of hydrogen-bond acceptors (Lipinski definition) is 6. The number of esters is 1. The minimum atomic E-state index is -2.87. The van der Waals surface area contributed by atoms with Crippen LogP contribution in [0.2, 0.25) is 0 Å². The molecule has 0 atom stereocenters. The highest BCUT2D eigenvalue weighted by atomic mass is 19.3. The Balaban J connectivity index is 4.12. The van der Waals surface area contributed by atoms with Gasteiger partial charge in [-0.15, -0.1) is 0 Å². The zero-order chi connectivity index (χ0) is 12.6. The van der Waals surface area contributed by atoms with Gasteiger partial charge in [-0.1, -0.05) is 0 Å². The molecule has 6 nitrogen and oxygen atoms in total. The third kappa shape index (κ3) is 5.47. The number of nitrogens with two attached hydrogens (primary N) is 2. The molecule has 0 spiro atoms. The van der Waals surface area contributed by atoms with Crippen LogP contribution in [0.15, 0.2) is 11.9 Å². The lowest BCUT2D eigenvalue weighted by Crippen LogP contribution is -2.38. The Labute approximate surface area is 91.7 Å². The first-order valence-electron chi connectivity index (χ1n) is 4.53. The van der Waals surface area contributed by atoms with Crippen LogP contribution in [0.5, 0.6) is 0 Å². The van der Waals surface area contributed by atoms with Crippen molar-refractivity contribution in [3.05, 3.63) is 11.9 Å². The van der Waals surface area contributed by atoms with Crippen LogP contribution in [0, 0.1) is 0 Å². The van der Waals surface area contributed by atoms with Gasteiger partial charge in [0.25, 0.3) is 0 Å². The number of halogens is 2. The summed E-state index contributed by atoms with van der Waals surface area (Å²) in [6.45, 7) is -1.53. The van der Waals surface area contributed by atoms with Gasteiger partial charge < -0.3 is 20.2 Å². The smallest absolute Gasteiger partial charge is 0.357 e. The Morgan fingerprint density at radius 1 is 1.56 bits per heavy atom. The lowest BCUT2D eigenvalue weighted by molar-refractivity contribution is -0.142. The Kier molecular flexibility index (Phi) is 7.14. The number of nitrogens with zero attached hydrogens (tertiary/aromatic N) is 1. The van der Waals surface area contributed by atoms with Gasteiger partial charge in [0.2, 0.25) is 0 Å². The van der Waals surface area contributed by atoms with E-state index in [2.05, 4.69) is 9.47 Å². The molecule has 0 aromatic heterocycles. The molecule has 0 bridgehead atoms. The number of hydrogen-bond donors (Lipinski definition) is 2. The molecular formula is C8H15F2N3O3. The van der Waals surface area contributed by atoms with Gasteiger partial charge in [-0.2, -0.15) is 8.78 Å². The van der Waals surface area contributed by atoms with E-state index in [1.807, 2.05) is 0 Å².